The van der Waals surface area contributed by atoms with E-state index in [0.717, 1.165) is 16.3 Å². The summed E-state index contributed by atoms with van der Waals surface area (Å²) in [5, 5.41) is 12.7. The molecule has 1 N–H and O–H groups in total. The molecule has 0 aliphatic rings. The molecule has 3 nitrogen and oxygen atoms in total. The number of carbonyl (C=O) groups is 1. The quantitative estimate of drug-likeness (QED) is 0.859. The number of aliphatic hydroxyl groups is 1. The topological polar surface area (TPSA) is 50.2 Å². The summed E-state index contributed by atoms with van der Waals surface area (Å²) in [5.41, 5.74) is 1.63. The van der Waals surface area contributed by atoms with Crippen molar-refractivity contribution in [2.75, 3.05) is 0 Å². The van der Waals surface area contributed by atoms with Crippen LogP contribution in [0.5, 0.6) is 0 Å². The molecule has 0 bridgehead atoms. The molecule has 1 atom stereocenters. The molecule has 1 aromatic rings. The van der Waals surface area contributed by atoms with Crippen molar-refractivity contribution in [3.8, 4) is 0 Å². The van der Waals surface area contributed by atoms with Crippen LogP contribution in [0.25, 0.3) is 6.08 Å². The van der Waals surface area contributed by atoms with Crippen LogP contribution in [0.2, 0.25) is 0 Å². The number of aliphatic hydroxyl groups excluding tert-OH is 1. The lowest BCUT2D eigenvalue weighted by atomic mass is 10.0. The first-order valence-corrected chi connectivity index (χ1v) is 6.21. The second-order valence-electron chi connectivity index (χ2n) is 3.79. The van der Waals surface area contributed by atoms with Crippen LogP contribution in [0, 0.1) is 6.92 Å². The van der Waals surface area contributed by atoms with Gasteiger partial charge in [-0.25, -0.2) is 4.98 Å². The average Bonchev–Trinajstić information content (AvgIpc) is 2.63. The van der Waals surface area contributed by atoms with Gasteiger partial charge < -0.3 is 5.11 Å². The number of thiazole rings is 1. The Morgan fingerprint density at radius 1 is 1.69 bits per heavy atom. The van der Waals surface area contributed by atoms with E-state index in [4.69, 9.17) is 0 Å². The van der Waals surface area contributed by atoms with Crippen molar-refractivity contribution in [1.29, 1.82) is 0 Å². The zero-order valence-corrected chi connectivity index (χ0v) is 10.7. The first-order valence-electron chi connectivity index (χ1n) is 5.33. The minimum absolute atomic E-state index is 0.0784. The summed E-state index contributed by atoms with van der Waals surface area (Å²) in [4.78, 5) is 15.5. The van der Waals surface area contributed by atoms with Crippen molar-refractivity contribution >= 4 is 23.2 Å². The number of aromatic nitrogens is 1. The number of carbonyl (C=O) groups excluding carboxylic acids is 1. The molecule has 0 amide bonds. The first-order chi connectivity index (χ1) is 7.52. The zero-order valence-electron chi connectivity index (χ0n) is 9.86. The Morgan fingerprint density at radius 3 is 2.88 bits per heavy atom. The van der Waals surface area contributed by atoms with Crippen molar-refractivity contribution < 1.29 is 9.90 Å². The van der Waals surface area contributed by atoms with E-state index in [-0.39, 0.29) is 12.2 Å². The van der Waals surface area contributed by atoms with Crippen molar-refractivity contribution in [2.45, 2.75) is 39.7 Å². The van der Waals surface area contributed by atoms with E-state index in [0.29, 0.717) is 6.42 Å². The normalized spacial score (nSPS) is 13.9. The van der Waals surface area contributed by atoms with Crippen LogP contribution < -0.4 is 0 Å². The van der Waals surface area contributed by atoms with Gasteiger partial charge in [0, 0.05) is 18.2 Å². The van der Waals surface area contributed by atoms with Gasteiger partial charge in [0.05, 0.1) is 16.8 Å². The van der Waals surface area contributed by atoms with E-state index >= 15 is 0 Å². The minimum Gasteiger partial charge on any atom is -0.388 e. The van der Waals surface area contributed by atoms with Gasteiger partial charge in [-0.1, -0.05) is 6.92 Å². The smallest absolute Gasteiger partial charge is 0.135 e. The van der Waals surface area contributed by atoms with Gasteiger partial charge in [0.15, 0.2) is 0 Å². The third kappa shape index (κ3) is 3.87. The summed E-state index contributed by atoms with van der Waals surface area (Å²) in [5.74, 6) is 0.0784. The van der Waals surface area contributed by atoms with Crippen LogP contribution in [-0.4, -0.2) is 22.0 Å². The predicted molar refractivity (Wildman–Crippen MR) is 66.4 cm³/mol. The molecule has 0 spiro atoms. The summed E-state index contributed by atoms with van der Waals surface area (Å²) in [6, 6.07) is 0. The Labute approximate surface area is 99.8 Å². The second-order valence-corrected chi connectivity index (χ2v) is 4.85. The lowest BCUT2D eigenvalue weighted by Gasteiger charge is -2.09. The highest BCUT2D eigenvalue weighted by molar-refractivity contribution is 7.09. The lowest BCUT2D eigenvalue weighted by molar-refractivity contribution is -0.120. The van der Waals surface area contributed by atoms with Gasteiger partial charge in [-0.05, 0) is 25.5 Å². The Bertz CT molecular complexity index is 395. The third-order valence-electron chi connectivity index (χ3n) is 2.35. The van der Waals surface area contributed by atoms with Crippen LogP contribution in [0.15, 0.2) is 11.0 Å². The number of Topliss-reactive ketones (excluding diaryl/α,β-unsaturated/α-hetero) is 1. The summed E-state index contributed by atoms with van der Waals surface area (Å²) in [6.07, 6.45) is 1.81. The van der Waals surface area contributed by atoms with E-state index < -0.39 is 6.10 Å². The highest BCUT2D eigenvalue weighted by Crippen LogP contribution is 2.15. The predicted octanol–water partition coefficient (Wildman–Crippen LogP) is 2.58. The fraction of sp³-hybridized carbons (Fsp3) is 0.500. The lowest BCUT2D eigenvalue weighted by Crippen LogP contribution is -2.13. The SMILES string of the molecule is CCC(=O)C[C@@H](O)/C(C)=C/c1csc(C)n1. The zero-order chi connectivity index (χ0) is 12.1. The van der Waals surface area contributed by atoms with Crippen LogP contribution >= 0.6 is 11.3 Å². The summed E-state index contributed by atoms with van der Waals surface area (Å²) in [7, 11) is 0. The van der Waals surface area contributed by atoms with Gasteiger partial charge in [-0.2, -0.15) is 0 Å². The highest BCUT2D eigenvalue weighted by Gasteiger charge is 2.11. The Morgan fingerprint density at radius 2 is 2.38 bits per heavy atom. The third-order valence-corrected chi connectivity index (χ3v) is 3.15. The van der Waals surface area contributed by atoms with Gasteiger partial charge >= 0.3 is 0 Å². The number of rotatable bonds is 5. The van der Waals surface area contributed by atoms with E-state index in [9.17, 15) is 9.90 Å². The van der Waals surface area contributed by atoms with Crippen LogP contribution in [0.3, 0.4) is 0 Å². The first kappa shape index (κ1) is 13.1. The molecule has 1 rings (SSSR count). The fourth-order valence-electron chi connectivity index (χ4n) is 1.30. The minimum atomic E-state index is -0.686. The van der Waals surface area contributed by atoms with Gasteiger partial charge in [0.2, 0.25) is 0 Å². The van der Waals surface area contributed by atoms with Crippen molar-refractivity contribution in [1.82, 2.24) is 4.98 Å². The molecule has 1 aromatic heterocycles. The van der Waals surface area contributed by atoms with Gasteiger partial charge in [0.25, 0.3) is 0 Å². The van der Waals surface area contributed by atoms with E-state index in [1.54, 1.807) is 18.3 Å². The maximum absolute atomic E-state index is 11.2. The largest absolute Gasteiger partial charge is 0.388 e. The summed E-state index contributed by atoms with van der Waals surface area (Å²) in [6.45, 7) is 5.56. The maximum atomic E-state index is 11.2. The van der Waals surface area contributed by atoms with Crippen molar-refractivity contribution in [2.24, 2.45) is 0 Å². The molecule has 0 saturated carbocycles. The molecule has 0 aliphatic carbocycles. The number of nitrogens with zero attached hydrogens (tertiary/aromatic N) is 1. The number of hydrogen-bond acceptors (Lipinski definition) is 4. The molecule has 88 valence electrons. The number of hydrogen-bond donors (Lipinski definition) is 1. The molecule has 4 heteroatoms. The van der Waals surface area contributed by atoms with E-state index in [1.807, 2.05) is 25.3 Å². The standard InChI is InChI=1S/C12H17NO2S/c1-4-11(14)6-12(15)8(2)5-10-7-16-9(3)13-10/h5,7,12,15H,4,6H2,1-3H3/b8-5+/t12-/m1/s1. The number of ketones is 1. The Kier molecular flexibility index (Phi) is 4.83. The number of aryl methyl sites for hydroxylation is 1. The monoisotopic (exact) mass is 239 g/mol. The summed E-state index contributed by atoms with van der Waals surface area (Å²) >= 11 is 1.57. The molecule has 16 heavy (non-hydrogen) atoms. The second kappa shape index (κ2) is 5.92. The van der Waals surface area contributed by atoms with E-state index in [2.05, 4.69) is 4.98 Å². The highest BCUT2D eigenvalue weighted by atomic mass is 32.1. The molecule has 0 aliphatic heterocycles. The van der Waals surface area contributed by atoms with Crippen molar-refractivity contribution in [3.63, 3.8) is 0 Å². The van der Waals surface area contributed by atoms with Gasteiger partial charge in [-0.15, -0.1) is 11.3 Å². The molecule has 0 aromatic carbocycles. The Balaban J connectivity index is 2.66. The Hall–Kier alpha value is -1.00. The van der Waals surface area contributed by atoms with Crippen LogP contribution in [0.4, 0.5) is 0 Å². The van der Waals surface area contributed by atoms with Crippen molar-refractivity contribution in [3.05, 3.63) is 21.7 Å². The molecular weight excluding hydrogens is 222 g/mol. The van der Waals surface area contributed by atoms with Gasteiger partial charge in [-0.3, -0.25) is 4.79 Å². The molecule has 0 saturated heterocycles. The van der Waals surface area contributed by atoms with Crippen LogP contribution in [0.1, 0.15) is 37.4 Å². The molecule has 1 heterocycles. The molecule has 0 unspecified atom stereocenters. The van der Waals surface area contributed by atoms with Gasteiger partial charge in [0.1, 0.15) is 5.78 Å². The fourth-order valence-corrected chi connectivity index (χ4v) is 1.87. The van der Waals surface area contributed by atoms with Crippen LogP contribution in [-0.2, 0) is 4.79 Å². The molecular formula is C12H17NO2S. The molecule has 0 fully saturated rings. The summed E-state index contributed by atoms with van der Waals surface area (Å²) < 4.78 is 0. The molecule has 0 radical (unpaired) electrons. The maximum Gasteiger partial charge on any atom is 0.135 e. The van der Waals surface area contributed by atoms with E-state index in [1.165, 1.54) is 0 Å². The average molecular weight is 239 g/mol.